The van der Waals surface area contributed by atoms with E-state index in [4.69, 9.17) is 18.9 Å². The smallest absolute Gasteiger partial charge is 0.331 e. The zero-order valence-corrected chi connectivity index (χ0v) is 16.3. The van der Waals surface area contributed by atoms with E-state index in [1.807, 2.05) is 60.7 Å². The molecule has 2 aliphatic rings. The highest BCUT2D eigenvalue weighted by molar-refractivity contribution is 5.87. The molecule has 2 aromatic carbocycles. The van der Waals surface area contributed by atoms with Crippen molar-refractivity contribution in [3.8, 4) is 0 Å². The van der Waals surface area contributed by atoms with Crippen LogP contribution in [0.25, 0.3) is 12.2 Å². The van der Waals surface area contributed by atoms with Crippen LogP contribution in [0.3, 0.4) is 0 Å². The number of fused-ring (bicyclic) bond motifs is 1. The lowest BCUT2D eigenvalue weighted by Crippen LogP contribution is -2.35. The SMILES string of the molecule is O=C(/C=C/c1ccccc1)O[C@H]1CO[C@H]2[C@@H]1OC[C@H]2OC(=O)/C=C/c1ccccc1. The predicted octanol–water partition coefficient (Wildman–Crippen LogP) is 3.03. The van der Waals surface area contributed by atoms with Gasteiger partial charge in [0, 0.05) is 12.2 Å². The molecule has 0 N–H and O–H groups in total. The van der Waals surface area contributed by atoms with E-state index in [0.717, 1.165) is 11.1 Å². The van der Waals surface area contributed by atoms with Gasteiger partial charge in [0.2, 0.25) is 0 Å². The molecule has 6 heteroatoms. The van der Waals surface area contributed by atoms with Crippen LogP contribution in [0.1, 0.15) is 11.1 Å². The van der Waals surface area contributed by atoms with Crippen LogP contribution < -0.4 is 0 Å². The second-order valence-corrected chi connectivity index (χ2v) is 7.03. The molecule has 0 bridgehead atoms. The van der Waals surface area contributed by atoms with E-state index in [9.17, 15) is 9.59 Å². The van der Waals surface area contributed by atoms with E-state index in [0.29, 0.717) is 0 Å². The summed E-state index contributed by atoms with van der Waals surface area (Å²) in [5.74, 6) is -0.939. The highest BCUT2D eigenvalue weighted by atomic mass is 16.7. The topological polar surface area (TPSA) is 71.1 Å². The Morgan fingerprint density at radius 1 is 0.700 bits per heavy atom. The third-order valence-electron chi connectivity index (χ3n) is 4.92. The van der Waals surface area contributed by atoms with E-state index in [2.05, 4.69) is 0 Å². The van der Waals surface area contributed by atoms with Crippen molar-refractivity contribution in [2.75, 3.05) is 13.2 Å². The number of ether oxygens (including phenoxy) is 4. The maximum Gasteiger partial charge on any atom is 0.331 e. The molecule has 4 atom stereocenters. The lowest BCUT2D eigenvalue weighted by Gasteiger charge is -2.16. The Morgan fingerprint density at radius 2 is 1.10 bits per heavy atom. The third-order valence-corrected chi connectivity index (χ3v) is 4.92. The van der Waals surface area contributed by atoms with Gasteiger partial charge in [0.15, 0.2) is 12.2 Å². The van der Waals surface area contributed by atoms with Crippen molar-refractivity contribution in [3.05, 3.63) is 83.9 Å². The van der Waals surface area contributed by atoms with Gasteiger partial charge in [-0.15, -0.1) is 0 Å². The Hall–Kier alpha value is -3.22. The summed E-state index contributed by atoms with van der Waals surface area (Å²) in [5.41, 5.74) is 1.81. The second kappa shape index (κ2) is 9.52. The first-order valence-electron chi connectivity index (χ1n) is 9.80. The van der Waals surface area contributed by atoms with Crippen LogP contribution in [-0.2, 0) is 28.5 Å². The van der Waals surface area contributed by atoms with Crippen molar-refractivity contribution >= 4 is 24.1 Å². The van der Waals surface area contributed by atoms with Gasteiger partial charge in [0.05, 0.1) is 13.2 Å². The van der Waals surface area contributed by atoms with Gasteiger partial charge >= 0.3 is 11.9 Å². The minimum Gasteiger partial charge on any atom is -0.454 e. The van der Waals surface area contributed by atoms with Crippen molar-refractivity contribution in [3.63, 3.8) is 0 Å². The van der Waals surface area contributed by atoms with Crippen LogP contribution in [0.5, 0.6) is 0 Å². The molecule has 154 valence electrons. The largest absolute Gasteiger partial charge is 0.454 e. The van der Waals surface area contributed by atoms with Crippen molar-refractivity contribution in [2.45, 2.75) is 24.4 Å². The fourth-order valence-corrected chi connectivity index (χ4v) is 3.46. The van der Waals surface area contributed by atoms with Gasteiger partial charge in [-0.05, 0) is 23.3 Å². The molecule has 0 spiro atoms. The van der Waals surface area contributed by atoms with Gasteiger partial charge in [0.1, 0.15) is 12.2 Å². The Balaban J connectivity index is 1.28. The molecule has 2 fully saturated rings. The molecule has 0 radical (unpaired) electrons. The number of hydrogen-bond donors (Lipinski definition) is 0. The summed E-state index contributed by atoms with van der Waals surface area (Å²) < 4.78 is 22.4. The zero-order chi connectivity index (χ0) is 20.8. The number of esters is 2. The fraction of sp³-hybridized carbons (Fsp3) is 0.250. The molecule has 0 amide bonds. The third kappa shape index (κ3) is 5.03. The van der Waals surface area contributed by atoms with Gasteiger partial charge in [0.25, 0.3) is 0 Å². The monoisotopic (exact) mass is 406 g/mol. The molecule has 2 saturated heterocycles. The summed E-state index contributed by atoms with van der Waals surface area (Å²) in [7, 11) is 0. The first-order chi connectivity index (χ1) is 14.7. The van der Waals surface area contributed by atoms with E-state index < -0.39 is 36.4 Å². The van der Waals surface area contributed by atoms with Crippen LogP contribution in [0.4, 0.5) is 0 Å². The van der Waals surface area contributed by atoms with Crippen LogP contribution in [0.2, 0.25) is 0 Å². The highest BCUT2D eigenvalue weighted by Crippen LogP contribution is 2.30. The molecule has 2 heterocycles. The van der Waals surface area contributed by atoms with E-state index in [1.54, 1.807) is 12.2 Å². The van der Waals surface area contributed by atoms with Gasteiger partial charge < -0.3 is 18.9 Å². The molecule has 4 rings (SSSR count). The molecule has 30 heavy (non-hydrogen) atoms. The second-order valence-electron chi connectivity index (χ2n) is 7.03. The summed E-state index contributed by atoms with van der Waals surface area (Å²) in [6.45, 7) is 0.405. The molecule has 0 aliphatic carbocycles. The fourth-order valence-electron chi connectivity index (χ4n) is 3.46. The Labute approximate surface area is 174 Å². The van der Waals surface area contributed by atoms with Crippen molar-refractivity contribution in [1.29, 1.82) is 0 Å². The lowest BCUT2D eigenvalue weighted by molar-refractivity contribution is -0.149. The number of carbonyl (C=O) groups excluding carboxylic acids is 2. The van der Waals surface area contributed by atoms with Crippen LogP contribution in [0.15, 0.2) is 72.8 Å². The lowest BCUT2D eigenvalue weighted by atomic mass is 10.1. The van der Waals surface area contributed by atoms with Gasteiger partial charge in [-0.3, -0.25) is 0 Å². The zero-order valence-electron chi connectivity index (χ0n) is 16.3. The molecule has 2 aromatic rings. The summed E-state index contributed by atoms with van der Waals surface area (Å²) in [5, 5.41) is 0. The summed E-state index contributed by atoms with van der Waals surface area (Å²) in [4.78, 5) is 24.3. The first-order valence-corrected chi connectivity index (χ1v) is 9.80. The van der Waals surface area contributed by atoms with E-state index >= 15 is 0 Å². The molecular formula is C24H22O6. The summed E-state index contributed by atoms with van der Waals surface area (Å²) in [6, 6.07) is 19.0. The molecule has 2 aliphatic heterocycles. The van der Waals surface area contributed by atoms with E-state index in [1.165, 1.54) is 12.2 Å². The van der Waals surface area contributed by atoms with Crippen LogP contribution in [-0.4, -0.2) is 49.6 Å². The average Bonchev–Trinajstić information content (AvgIpc) is 3.36. The van der Waals surface area contributed by atoms with Gasteiger partial charge in [-0.2, -0.15) is 0 Å². The normalized spacial score (nSPS) is 25.5. The molecule has 0 unspecified atom stereocenters. The molecule has 6 nitrogen and oxygen atoms in total. The molecule has 0 saturated carbocycles. The predicted molar refractivity (Wildman–Crippen MR) is 110 cm³/mol. The number of hydrogen-bond acceptors (Lipinski definition) is 6. The highest BCUT2D eigenvalue weighted by Gasteiger charge is 2.50. The first kappa shape index (κ1) is 20.1. The molecular weight excluding hydrogens is 384 g/mol. The Morgan fingerprint density at radius 3 is 1.50 bits per heavy atom. The average molecular weight is 406 g/mol. The number of rotatable bonds is 6. The Kier molecular flexibility index (Phi) is 6.37. The minimum absolute atomic E-state index is 0.203. The van der Waals surface area contributed by atoms with Crippen molar-refractivity contribution in [1.82, 2.24) is 0 Å². The number of benzene rings is 2. The maximum atomic E-state index is 12.1. The Bertz CT molecular complexity index is 844. The van der Waals surface area contributed by atoms with Crippen LogP contribution >= 0.6 is 0 Å². The maximum absolute atomic E-state index is 12.1. The minimum atomic E-state index is -0.536. The van der Waals surface area contributed by atoms with Crippen LogP contribution in [0, 0.1) is 0 Å². The number of carbonyl (C=O) groups is 2. The van der Waals surface area contributed by atoms with Gasteiger partial charge in [-0.25, -0.2) is 9.59 Å². The van der Waals surface area contributed by atoms with Gasteiger partial charge in [-0.1, -0.05) is 60.7 Å². The summed E-state index contributed by atoms with van der Waals surface area (Å²) in [6.07, 6.45) is 4.17. The summed E-state index contributed by atoms with van der Waals surface area (Å²) >= 11 is 0. The van der Waals surface area contributed by atoms with Crippen molar-refractivity contribution in [2.24, 2.45) is 0 Å². The standard InChI is InChI=1S/C24H22O6/c25-21(13-11-17-7-3-1-4-8-17)29-19-15-27-24-20(16-28-23(19)24)30-22(26)14-12-18-9-5-2-6-10-18/h1-14,19-20,23-24H,15-16H2/b13-11+,14-12+/t19-,20+,23-,24-/m1/s1. The molecule has 0 aromatic heterocycles. The quantitative estimate of drug-likeness (QED) is 0.543. The van der Waals surface area contributed by atoms with E-state index in [-0.39, 0.29) is 13.2 Å². The van der Waals surface area contributed by atoms with Crippen molar-refractivity contribution < 1.29 is 28.5 Å².